The largest absolute Gasteiger partial charge is 0.348 e. The van der Waals surface area contributed by atoms with Crippen LogP contribution in [0.15, 0.2) is 29.1 Å². The van der Waals surface area contributed by atoms with Gasteiger partial charge in [-0.15, -0.1) is 5.10 Å². The highest BCUT2D eigenvalue weighted by molar-refractivity contribution is 5.61. The third-order valence-corrected chi connectivity index (χ3v) is 4.16. The van der Waals surface area contributed by atoms with Crippen molar-refractivity contribution in [2.24, 2.45) is 0 Å². The van der Waals surface area contributed by atoms with Crippen LogP contribution in [0.25, 0.3) is 17.0 Å². The molecule has 0 radical (unpaired) electrons. The van der Waals surface area contributed by atoms with Gasteiger partial charge in [0.15, 0.2) is 11.5 Å². The second kappa shape index (κ2) is 5.05. The van der Waals surface area contributed by atoms with Gasteiger partial charge >= 0.3 is 5.69 Å². The quantitative estimate of drug-likeness (QED) is 0.702. The Morgan fingerprint density at radius 2 is 1.95 bits per heavy atom. The molecule has 2 aromatic heterocycles. The van der Waals surface area contributed by atoms with Crippen molar-refractivity contribution in [1.29, 1.82) is 0 Å². The summed E-state index contributed by atoms with van der Waals surface area (Å²) in [7, 11) is 0. The Morgan fingerprint density at radius 1 is 1.14 bits per heavy atom. The third-order valence-electron chi connectivity index (χ3n) is 4.16. The van der Waals surface area contributed by atoms with Crippen LogP contribution in [0.2, 0.25) is 0 Å². The van der Waals surface area contributed by atoms with Crippen LogP contribution in [0.1, 0.15) is 30.5 Å². The van der Waals surface area contributed by atoms with Crippen molar-refractivity contribution in [1.82, 2.24) is 19.6 Å². The number of H-pyrrole nitrogens is 1. The molecule has 0 saturated heterocycles. The van der Waals surface area contributed by atoms with Gasteiger partial charge in [0, 0.05) is 11.3 Å². The molecule has 5 nitrogen and oxygen atoms in total. The Balaban J connectivity index is 1.98. The van der Waals surface area contributed by atoms with Crippen molar-refractivity contribution in [3.8, 4) is 11.4 Å². The van der Waals surface area contributed by atoms with Crippen LogP contribution < -0.4 is 5.69 Å². The van der Waals surface area contributed by atoms with Crippen molar-refractivity contribution in [3.63, 3.8) is 0 Å². The lowest BCUT2D eigenvalue weighted by molar-refractivity contribution is 0.630. The molecule has 1 aliphatic carbocycles. The SMILES string of the molecule is O=c1[nH]c2c(c3nc(-c4ccccc4F)nn13)CCCCC2. The molecule has 0 aliphatic heterocycles. The number of fused-ring (bicyclic) bond motifs is 3. The number of halogens is 1. The molecule has 0 spiro atoms. The van der Waals surface area contributed by atoms with Crippen LogP contribution in [-0.4, -0.2) is 19.6 Å². The van der Waals surface area contributed by atoms with Gasteiger partial charge in [0.25, 0.3) is 0 Å². The van der Waals surface area contributed by atoms with Gasteiger partial charge in [-0.05, 0) is 37.8 Å². The number of benzene rings is 1. The molecule has 0 saturated carbocycles. The summed E-state index contributed by atoms with van der Waals surface area (Å²) in [5, 5.41) is 4.20. The average Bonchev–Trinajstić information content (AvgIpc) is 2.83. The zero-order valence-electron chi connectivity index (χ0n) is 12.0. The predicted molar refractivity (Wildman–Crippen MR) is 80.3 cm³/mol. The lowest BCUT2D eigenvalue weighted by atomic mass is 10.1. The molecule has 0 amide bonds. The first kappa shape index (κ1) is 13.2. The number of aromatic nitrogens is 4. The summed E-state index contributed by atoms with van der Waals surface area (Å²) in [6.45, 7) is 0. The number of rotatable bonds is 1. The highest BCUT2D eigenvalue weighted by atomic mass is 19.1. The van der Waals surface area contributed by atoms with Gasteiger partial charge in [-0.2, -0.15) is 4.52 Å². The van der Waals surface area contributed by atoms with Crippen LogP contribution in [0.5, 0.6) is 0 Å². The highest BCUT2D eigenvalue weighted by Crippen LogP contribution is 2.24. The predicted octanol–water partition coefficient (Wildman–Crippen LogP) is 2.49. The minimum atomic E-state index is -0.388. The van der Waals surface area contributed by atoms with E-state index in [0.29, 0.717) is 11.2 Å². The number of aryl methyl sites for hydroxylation is 2. The Kier molecular flexibility index (Phi) is 3.03. The Morgan fingerprint density at radius 3 is 2.82 bits per heavy atom. The van der Waals surface area contributed by atoms with E-state index in [4.69, 9.17) is 0 Å². The molecule has 3 aromatic rings. The number of nitrogens with one attached hydrogen (secondary N) is 1. The molecule has 22 heavy (non-hydrogen) atoms. The fourth-order valence-electron chi connectivity index (χ4n) is 3.05. The first-order valence-electron chi connectivity index (χ1n) is 7.50. The van der Waals surface area contributed by atoms with Gasteiger partial charge in [-0.3, -0.25) is 0 Å². The smallest absolute Gasteiger partial charge is 0.309 e. The fraction of sp³-hybridized carbons (Fsp3) is 0.312. The van der Waals surface area contributed by atoms with Gasteiger partial charge in [0.1, 0.15) is 5.82 Å². The van der Waals surface area contributed by atoms with Gasteiger partial charge in [-0.1, -0.05) is 18.6 Å². The highest BCUT2D eigenvalue weighted by Gasteiger charge is 2.19. The maximum Gasteiger partial charge on any atom is 0.348 e. The van der Waals surface area contributed by atoms with Crippen LogP contribution >= 0.6 is 0 Å². The van der Waals surface area contributed by atoms with Crippen molar-refractivity contribution in [3.05, 3.63) is 51.8 Å². The summed E-state index contributed by atoms with van der Waals surface area (Å²) >= 11 is 0. The molecular formula is C16H15FN4O. The molecule has 0 bridgehead atoms. The number of hydrogen-bond acceptors (Lipinski definition) is 3. The first-order valence-corrected chi connectivity index (χ1v) is 7.50. The molecule has 0 atom stereocenters. The van der Waals surface area contributed by atoms with Crippen molar-refractivity contribution in [2.75, 3.05) is 0 Å². The van der Waals surface area contributed by atoms with E-state index in [0.717, 1.165) is 43.4 Å². The van der Waals surface area contributed by atoms with E-state index in [2.05, 4.69) is 15.1 Å². The minimum absolute atomic E-state index is 0.251. The van der Waals surface area contributed by atoms with E-state index in [1.165, 1.54) is 10.6 Å². The molecule has 0 unspecified atom stereocenters. The average molecular weight is 298 g/mol. The second-order valence-electron chi connectivity index (χ2n) is 5.60. The van der Waals surface area contributed by atoms with Crippen LogP contribution in [0.3, 0.4) is 0 Å². The van der Waals surface area contributed by atoms with Crippen molar-refractivity contribution < 1.29 is 4.39 Å². The zero-order chi connectivity index (χ0) is 15.1. The fourth-order valence-corrected chi connectivity index (χ4v) is 3.05. The summed E-state index contributed by atoms with van der Waals surface area (Å²) in [4.78, 5) is 19.6. The van der Waals surface area contributed by atoms with E-state index < -0.39 is 0 Å². The number of nitrogens with zero attached hydrogens (tertiary/aromatic N) is 3. The number of hydrogen-bond donors (Lipinski definition) is 1. The maximum absolute atomic E-state index is 13.9. The molecule has 0 fully saturated rings. The molecule has 1 N–H and O–H groups in total. The van der Waals surface area contributed by atoms with Crippen molar-refractivity contribution >= 4 is 5.65 Å². The monoisotopic (exact) mass is 298 g/mol. The summed E-state index contributed by atoms with van der Waals surface area (Å²) in [6.07, 6.45) is 4.98. The van der Waals surface area contributed by atoms with E-state index in [-0.39, 0.29) is 17.3 Å². The van der Waals surface area contributed by atoms with E-state index >= 15 is 0 Å². The third kappa shape index (κ3) is 2.03. The molecule has 1 aromatic carbocycles. The summed E-state index contributed by atoms with van der Waals surface area (Å²) in [5.74, 6) is -0.137. The first-order chi connectivity index (χ1) is 10.7. The minimum Gasteiger partial charge on any atom is -0.309 e. The summed E-state index contributed by atoms with van der Waals surface area (Å²) in [5.41, 5.74) is 2.53. The Labute approximate surface area is 125 Å². The summed E-state index contributed by atoms with van der Waals surface area (Å²) < 4.78 is 15.2. The van der Waals surface area contributed by atoms with Crippen molar-refractivity contribution in [2.45, 2.75) is 32.1 Å². The molecule has 2 heterocycles. The maximum atomic E-state index is 13.9. The standard InChI is InChI=1S/C16H15FN4O/c17-12-8-5-4-6-10(12)14-19-15-11-7-2-1-3-9-13(11)18-16(22)21(15)20-14/h4-6,8H,1-3,7,9H2,(H,18,22). The molecule has 4 rings (SSSR count). The van der Waals surface area contributed by atoms with E-state index in [9.17, 15) is 9.18 Å². The summed E-state index contributed by atoms with van der Waals surface area (Å²) in [6, 6.07) is 6.34. The number of aromatic amines is 1. The Bertz CT molecular complexity index is 912. The zero-order valence-corrected chi connectivity index (χ0v) is 12.0. The van der Waals surface area contributed by atoms with Crippen LogP contribution in [-0.2, 0) is 12.8 Å². The van der Waals surface area contributed by atoms with Crippen LogP contribution in [0.4, 0.5) is 4.39 Å². The lowest BCUT2D eigenvalue weighted by Crippen LogP contribution is -2.21. The van der Waals surface area contributed by atoms with Gasteiger partial charge in [-0.25, -0.2) is 14.2 Å². The topological polar surface area (TPSA) is 63.0 Å². The van der Waals surface area contributed by atoms with E-state index in [1.54, 1.807) is 18.2 Å². The molecule has 6 heteroatoms. The molecule has 112 valence electrons. The molecular weight excluding hydrogens is 283 g/mol. The lowest BCUT2D eigenvalue weighted by Gasteiger charge is -2.05. The van der Waals surface area contributed by atoms with Crippen LogP contribution in [0, 0.1) is 5.82 Å². The van der Waals surface area contributed by atoms with Gasteiger partial charge < -0.3 is 4.98 Å². The van der Waals surface area contributed by atoms with E-state index in [1.807, 2.05) is 0 Å². The van der Waals surface area contributed by atoms with Gasteiger partial charge in [0.2, 0.25) is 0 Å². The second-order valence-corrected chi connectivity index (χ2v) is 5.60. The molecule has 1 aliphatic rings. The normalized spacial score (nSPS) is 14.8. The Hall–Kier alpha value is -2.50. The van der Waals surface area contributed by atoms with Gasteiger partial charge in [0.05, 0.1) is 5.56 Å².